The monoisotopic (exact) mass is 418 g/mol. The quantitative estimate of drug-likeness (QED) is 0.713. The summed E-state index contributed by atoms with van der Waals surface area (Å²) in [4.78, 5) is 24.2. The van der Waals surface area contributed by atoms with Crippen molar-refractivity contribution in [1.82, 2.24) is 5.32 Å². The predicted octanol–water partition coefficient (Wildman–Crippen LogP) is 3.92. The van der Waals surface area contributed by atoms with Crippen molar-refractivity contribution in [3.63, 3.8) is 0 Å². The molecule has 1 aromatic rings. The Morgan fingerprint density at radius 1 is 1.27 bits per heavy atom. The Hall–Kier alpha value is -1.31. The first-order chi connectivity index (χ1) is 10.2. The molecule has 1 aromatic carbocycles. The molecule has 0 saturated carbocycles. The maximum atomic E-state index is 12.4. The average molecular weight is 418 g/mol. The minimum atomic E-state index is -0.615. The Bertz CT molecular complexity index is 526. The molecule has 0 heterocycles. The Labute approximate surface area is 145 Å². The van der Waals surface area contributed by atoms with Gasteiger partial charge in [-0.15, -0.1) is 0 Å². The van der Waals surface area contributed by atoms with Gasteiger partial charge in [0.15, 0.2) is 0 Å². The van der Waals surface area contributed by atoms with Gasteiger partial charge < -0.3 is 15.4 Å². The van der Waals surface area contributed by atoms with E-state index in [4.69, 9.17) is 4.74 Å². The third-order valence-corrected chi connectivity index (χ3v) is 3.66. The van der Waals surface area contributed by atoms with E-state index in [2.05, 4.69) is 33.2 Å². The number of nitrogens with one attached hydrogen (secondary N) is 2. The van der Waals surface area contributed by atoms with E-state index in [0.29, 0.717) is 6.42 Å². The van der Waals surface area contributed by atoms with Crippen molar-refractivity contribution in [2.24, 2.45) is 0 Å². The zero-order valence-electron chi connectivity index (χ0n) is 13.4. The van der Waals surface area contributed by atoms with Crippen LogP contribution in [0.5, 0.6) is 0 Å². The maximum Gasteiger partial charge on any atom is 0.408 e. The summed E-state index contributed by atoms with van der Waals surface area (Å²) in [6.07, 6.45) is 0.748. The number of para-hydroxylation sites is 1. The zero-order chi connectivity index (χ0) is 16.8. The van der Waals surface area contributed by atoms with E-state index in [9.17, 15) is 9.59 Å². The van der Waals surface area contributed by atoms with E-state index in [1.807, 2.05) is 31.2 Å². The Balaban J connectivity index is 2.71. The van der Waals surface area contributed by atoms with Crippen molar-refractivity contribution < 1.29 is 14.3 Å². The molecule has 0 unspecified atom stereocenters. The van der Waals surface area contributed by atoms with Gasteiger partial charge >= 0.3 is 6.09 Å². The van der Waals surface area contributed by atoms with Crippen molar-refractivity contribution in [2.45, 2.75) is 52.2 Å². The van der Waals surface area contributed by atoms with Gasteiger partial charge in [-0.2, -0.15) is 0 Å². The molecule has 2 amide bonds. The first kappa shape index (κ1) is 18.7. The molecule has 5 nitrogen and oxygen atoms in total. The fraction of sp³-hybridized carbons (Fsp3) is 0.500. The predicted molar refractivity (Wildman–Crippen MR) is 95.9 cm³/mol. The molecule has 0 fully saturated rings. The van der Waals surface area contributed by atoms with Crippen LogP contribution in [-0.2, 0) is 9.53 Å². The van der Waals surface area contributed by atoms with Crippen molar-refractivity contribution in [1.29, 1.82) is 0 Å². The molecule has 0 aromatic heterocycles. The van der Waals surface area contributed by atoms with E-state index < -0.39 is 17.7 Å². The summed E-state index contributed by atoms with van der Waals surface area (Å²) in [7, 11) is 0. The van der Waals surface area contributed by atoms with E-state index >= 15 is 0 Å². The molecule has 1 atom stereocenters. The molecular weight excluding hydrogens is 395 g/mol. The summed E-state index contributed by atoms with van der Waals surface area (Å²) in [5.74, 6) is -0.239. The van der Waals surface area contributed by atoms with Gasteiger partial charge in [-0.05, 0) is 61.9 Å². The molecule has 0 aliphatic carbocycles. The van der Waals surface area contributed by atoms with E-state index in [-0.39, 0.29) is 5.91 Å². The molecule has 0 spiro atoms. The molecule has 0 radical (unpaired) electrons. The van der Waals surface area contributed by atoms with Crippen LogP contribution in [0.15, 0.2) is 24.3 Å². The number of rotatable bonds is 5. The Kier molecular flexibility index (Phi) is 7.12. The van der Waals surface area contributed by atoms with E-state index in [1.54, 1.807) is 20.8 Å². The number of halogens is 1. The summed E-state index contributed by atoms with van der Waals surface area (Å²) in [5.41, 5.74) is 0.145. The van der Waals surface area contributed by atoms with Crippen LogP contribution < -0.4 is 10.6 Å². The van der Waals surface area contributed by atoms with Crippen molar-refractivity contribution in [2.75, 3.05) is 5.32 Å². The van der Waals surface area contributed by atoms with Crippen LogP contribution in [0.2, 0.25) is 0 Å². The second kappa shape index (κ2) is 8.36. The fourth-order valence-electron chi connectivity index (χ4n) is 1.79. The van der Waals surface area contributed by atoms with Crippen molar-refractivity contribution >= 4 is 40.3 Å². The maximum absolute atomic E-state index is 12.4. The number of anilines is 1. The van der Waals surface area contributed by atoms with Crippen LogP contribution in [0.1, 0.15) is 40.5 Å². The third kappa shape index (κ3) is 6.64. The number of alkyl carbamates (subject to hydrolysis) is 1. The zero-order valence-corrected chi connectivity index (χ0v) is 15.6. The molecule has 0 aliphatic rings. The molecular formula is C16H23IN2O3. The smallest absolute Gasteiger partial charge is 0.408 e. The molecule has 22 heavy (non-hydrogen) atoms. The van der Waals surface area contributed by atoms with Gasteiger partial charge in [0.1, 0.15) is 11.6 Å². The summed E-state index contributed by atoms with van der Waals surface area (Å²) in [6.45, 7) is 7.32. The number of benzene rings is 1. The highest BCUT2D eigenvalue weighted by Gasteiger charge is 2.24. The Morgan fingerprint density at radius 3 is 2.45 bits per heavy atom. The lowest BCUT2D eigenvalue weighted by molar-refractivity contribution is -0.118. The van der Waals surface area contributed by atoms with Gasteiger partial charge in [-0.3, -0.25) is 4.79 Å². The van der Waals surface area contributed by atoms with Gasteiger partial charge in [-0.25, -0.2) is 4.79 Å². The topological polar surface area (TPSA) is 67.4 Å². The van der Waals surface area contributed by atoms with Crippen LogP contribution in [0.3, 0.4) is 0 Å². The fourth-order valence-corrected chi connectivity index (χ4v) is 2.31. The minimum absolute atomic E-state index is 0.239. The highest BCUT2D eigenvalue weighted by atomic mass is 127. The van der Waals surface area contributed by atoms with Crippen LogP contribution in [0, 0.1) is 3.57 Å². The van der Waals surface area contributed by atoms with Crippen molar-refractivity contribution in [3.8, 4) is 0 Å². The lowest BCUT2D eigenvalue weighted by Gasteiger charge is -2.23. The Morgan fingerprint density at radius 2 is 1.91 bits per heavy atom. The number of hydrogen-bond donors (Lipinski definition) is 2. The molecule has 0 saturated heterocycles. The standard InChI is InChI=1S/C16H23IN2O3/c1-5-8-13(19-15(21)22-16(2,3)4)14(20)18-12-10-7-6-9-11(12)17/h6-7,9-10,13H,5,8H2,1-4H3,(H,18,20)(H,19,21)/t13-/m1/s1. The van der Waals surface area contributed by atoms with E-state index in [0.717, 1.165) is 15.7 Å². The lowest BCUT2D eigenvalue weighted by Crippen LogP contribution is -2.45. The minimum Gasteiger partial charge on any atom is -0.444 e. The SMILES string of the molecule is CCC[C@@H](NC(=O)OC(C)(C)C)C(=O)Nc1ccccc1I. The summed E-state index contributed by atoms with van der Waals surface area (Å²) in [6, 6.07) is 6.88. The van der Waals surface area contributed by atoms with Crippen LogP contribution in [0.25, 0.3) is 0 Å². The van der Waals surface area contributed by atoms with Gasteiger partial charge in [0.2, 0.25) is 5.91 Å². The van der Waals surface area contributed by atoms with Gasteiger partial charge in [0.05, 0.1) is 5.69 Å². The van der Waals surface area contributed by atoms with Gasteiger partial charge in [-0.1, -0.05) is 25.5 Å². The second-order valence-electron chi connectivity index (χ2n) is 5.96. The molecule has 122 valence electrons. The number of amides is 2. The molecule has 1 rings (SSSR count). The molecule has 0 bridgehead atoms. The molecule has 6 heteroatoms. The number of carbonyl (C=O) groups is 2. The van der Waals surface area contributed by atoms with Gasteiger partial charge in [0.25, 0.3) is 0 Å². The lowest BCUT2D eigenvalue weighted by atomic mass is 10.1. The molecule has 2 N–H and O–H groups in total. The first-order valence-corrected chi connectivity index (χ1v) is 8.35. The largest absolute Gasteiger partial charge is 0.444 e. The van der Waals surface area contributed by atoms with E-state index in [1.165, 1.54) is 0 Å². The summed E-state index contributed by atoms with van der Waals surface area (Å²) < 4.78 is 6.15. The van der Waals surface area contributed by atoms with Crippen LogP contribution in [0.4, 0.5) is 10.5 Å². The van der Waals surface area contributed by atoms with Crippen molar-refractivity contribution in [3.05, 3.63) is 27.8 Å². The van der Waals surface area contributed by atoms with Crippen LogP contribution in [-0.4, -0.2) is 23.6 Å². The number of ether oxygens (including phenoxy) is 1. The number of hydrogen-bond acceptors (Lipinski definition) is 3. The summed E-state index contributed by atoms with van der Waals surface area (Å²) in [5, 5.41) is 5.48. The normalized spacial score (nSPS) is 12.4. The third-order valence-electron chi connectivity index (χ3n) is 2.72. The van der Waals surface area contributed by atoms with Crippen LogP contribution >= 0.6 is 22.6 Å². The average Bonchev–Trinajstić information content (AvgIpc) is 2.38. The highest BCUT2D eigenvalue weighted by Crippen LogP contribution is 2.17. The molecule has 0 aliphatic heterocycles. The van der Waals surface area contributed by atoms with Gasteiger partial charge in [0, 0.05) is 3.57 Å². The first-order valence-electron chi connectivity index (χ1n) is 7.28. The summed E-state index contributed by atoms with van der Waals surface area (Å²) >= 11 is 2.16. The number of carbonyl (C=O) groups excluding carboxylic acids is 2. The second-order valence-corrected chi connectivity index (χ2v) is 7.12. The highest BCUT2D eigenvalue weighted by molar-refractivity contribution is 14.1.